The zero-order valence-electron chi connectivity index (χ0n) is 26.1. The Morgan fingerprint density at radius 1 is 0.681 bits per heavy atom. The minimum absolute atomic E-state index is 0.0385. The van der Waals surface area contributed by atoms with E-state index in [0.29, 0.717) is 18.0 Å². The number of rotatable bonds is 14. The number of anilines is 1. The molecule has 0 aromatic heterocycles. The van der Waals surface area contributed by atoms with Crippen molar-refractivity contribution < 1.29 is 22.7 Å². The van der Waals surface area contributed by atoms with Crippen molar-refractivity contribution in [3.05, 3.63) is 157 Å². The van der Waals surface area contributed by atoms with E-state index in [1.807, 2.05) is 97.9 Å². The number of likely N-dealkylation sites (N-methyl/N-ethyl adjacent to an activating group) is 1. The van der Waals surface area contributed by atoms with E-state index in [-0.39, 0.29) is 29.5 Å². The van der Waals surface area contributed by atoms with Crippen molar-refractivity contribution >= 4 is 27.5 Å². The van der Waals surface area contributed by atoms with Crippen LogP contribution in [0.4, 0.5) is 5.69 Å². The minimum Gasteiger partial charge on any atom is -0.457 e. The summed E-state index contributed by atoms with van der Waals surface area (Å²) in [6.07, 6.45) is 0.252. The molecule has 9 heteroatoms. The van der Waals surface area contributed by atoms with Crippen LogP contribution in [0, 0.1) is 0 Å². The fraction of sp³-hybridized carbons (Fsp3) is 0.158. The summed E-state index contributed by atoms with van der Waals surface area (Å²) < 4.78 is 35.3. The molecule has 1 N–H and O–H groups in total. The lowest BCUT2D eigenvalue weighted by molar-refractivity contribution is -0.140. The monoisotopic (exact) mass is 647 g/mol. The van der Waals surface area contributed by atoms with E-state index >= 15 is 0 Å². The highest BCUT2D eigenvalue weighted by molar-refractivity contribution is 7.92. The predicted molar refractivity (Wildman–Crippen MR) is 184 cm³/mol. The first kappa shape index (κ1) is 33.0. The molecule has 0 radical (unpaired) electrons. The highest BCUT2D eigenvalue weighted by atomic mass is 32.2. The number of ether oxygens (including phenoxy) is 1. The van der Waals surface area contributed by atoms with Gasteiger partial charge >= 0.3 is 0 Å². The maximum absolute atomic E-state index is 14.5. The Bertz CT molecular complexity index is 1840. The average molecular weight is 648 g/mol. The Kier molecular flexibility index (Phi) is 11.0. The van der Waals surface area contributed by atoms with Gasteiger partial charge < -0.3 is 15.0 Å². The molecule has 5 rings (SSSR count). The Morgan fingerprint density at radius 2 is 1.19 bits per heavy atom. The Hall–Kier alpha value is -5.41. The van der Waals surface area contributed by atoms with Crippen LogP contribution in [0.2, 0.25) is 0 Å². The molecule has 5 aromatic rings. The molecule has 0 aliphatic rings. The second kappa shape index (κ2) is 15.7. The van der Waals surface area contributed by atoms with Crippen LogP contribution < -0.4 is 14.4 Å². The molecule has 2 amide bonds. The van der Waals surface area contributed by atoms with Gasteiger partial charge in [-0.3, -0.25) is 13.9 Å². The van der Waals surface area contributed by atoms with E-state index in [9.17, 15) is 18.0 Å². The van der Waals surface area contributed by atoms with E-state index < -0.39 is 28.5 Å². The fourth-order valence-corrected chi connectivity index (χ4v) is 6.61. The summed E-state index contributed by atoms with van der Waals surface area (Å²) in [5.41, 5.74) is 1.96. The van der Waals surface area contributed by atoms with Crippen LogP contribution in [0.25, 0.3) is 0 Å². The number of hydrogen-bond donors (Lipinski definition) is 1. The highest BCUT2D eigenvalue weighted by Gasteiger charge is 2.34. The number of carbonyl (C=O) groups excluding carboxylic acids is 2. The first-order chi connectivity index (χ1) is 22.8. The van der Waals surface area contributed by atoms with E-state index in [4.69, 9.17) is 4.74 Å². The summed E-state index contributed by atoms with van der Waals surface area (Å²) in [4.78, 5) is 29.6. The molecule has 0 fully saturated rings. The van der Waals surface area contributed by atoms with Crippen molar-refractivity contribution in [2.75, 3.05) is 17.4 Å². The molecule has 47 heavy (non-hydrogen) atoms. The van der Waals surface area contributed by atoms with Gasteiger partial charge in [-0.25, -0.2) is 8.42 Å². The summed E-state index contributed by atoms with van der Waals surface area (Å²) in [5.74, 6) is 0.300. The zero-order valence-corrected chi connectivity index (χ0v) is 26.9. The number of para-hydroxylation sites is 1. The summed E-state index contributed by atoms with van der Waals surface area (Å²) in [6.45, 7) is 1.77. The van der Waals surface area contributed by atoms with Gasteiger partial charge in [0.2, 0.25) is 11.8 Å². The molecule has 240 valence electrons. The van der Waals surface area contributed by atoms with Crippen molar-refractivity contribution in [3.8, 4) is 11.5 Å². The van der Waals surface area contributed by atoms with Gasteiger partial charge in [-0.2, -0.15) is 0 Å². The van der Waals surface area contributed by atoms with Crippen molar-refractivity contribution in [2.24, 2.45) is 0 Å². The molecule has 8 nitrogen and oxygen atoms in total. The first-order valence-corrected chi connectivity index (χ1v) is 16.8. The van der Waals surface area contributed by atoms with Gasteiger partial charge in [0.1, 0.15) is 24.1 Å². The third-order valence-corrected chi connectivity index (χ3v) is 9.32. The van der Waals surface area contributed by atoms with Gasteiger partial charge in [0.25, 0.3) is 10.0 Å². The lowest BCUT2D eigenvalue weighted by Crippen LogP contribution is -2.53. The van der Waals surface area contributed by atoms with Crippen LogP contribution in [-0.4, -0.2) is 44.3 Å². The maximum atomic E-state index is 14.5. The number of carbonyl (C=O) groups is 2. The molecule has 1 unspecified atom stereocenters. The Morgan fingerprint density at radius 3 is 1.77 bits per heavy atom. The first-order valence-electron chi connectivity index (χ1n) is 15.4. The second-order valence-corrected chi connectivity index (χ2v) is 12.7. The lowest BCUT2D eigenvalue weighted by Gasteiger charge is -2.33. The van der Waals surface area contributed by atoms with Crippen LogP contribution in [0.3, 0.4) is 0 Å². The van der Waals surface area contributed by atoms with Gasteiger partial charge in [-0.15, -0.1) is 0 Å². The molecule has 0 saturated carbocycles. The number of hydrogen-bond acceptors (Lipinski definition) is 5. The summed E-state index contributed by atoms with van der Waals surface area (Å²) in [5, 5.41) is 2.88. The number of amides is 2. The summed E-state index contributed by atoms with van der Waals surface area (Å²) >= 11 is 0. The molecular formula is C38H37N3O5S. The molecule has 5 aromatic carbocycles. The van der Waals surface area contributed by atoms with Crippen LogP contribution in [-0.2, 0) is 32.6 Å². The third-order valence-electron chi connectivity index (χ3n) is 7.53. The van der Waals surface area contributed by atoms with Crippen LogP contribution in [0.15, 0.2) is 150 Å². The summed E-state index contributed by atoms with van der Waals surface area (Å²) in [7, 11) is -4.20. The van der Waals surface area contributed by atoms with E-state index in [0.717, 1.165) is 15.4 Å². The SMILES string of the molecule is CCNC(=O)C(Cc1ccccc1)N(Cc1ccccc1)C(=O)CN(c1ccc(Oc2ccccc2)cc1)S(=O)(=O)c1ccccc1. The Balaban J connectivity index is 1.53. The Labute approximate surface area is 276 Å². The van der Waals surface area contributed by atoms with Gasteiger partial charge in [-0.1, -0.05) is 97.1 Å². The number of nitrogens with one attached hydrogen (secondary N) is 1. The second-order valence-electron chi connectivity index (χ2n) is 10.8. The lowest BCUT2D eigenvalue weighted by atomic mass is 10.0. The van der Waals surface area contributed by atoms with E-state index in [1.165, 1.54) is 17.0 Å². The topological polar surface area (TPSA) is 96.0 Å². The van der Waals surface area contributed by atoms with Gasteiger partial charge in [0.05, 0.1) is 10.6 Å². The number of nitrogens with zero attached hydrogens (tertiary/aromatic N) is 2. The van der Waals surface area contributed by atoms with Crippen molar-refractivity contribution in [1.82, 2.24) is 10.2 Å². The molecule has 0 spiro atoms. The highest BCUT2D eigenvalue weighted by Crippen LogP contribution is 2.29. The molecule has 0 aliphatic carbocycles. The van der Waals surface area contributed by atoms with Crippen LogP contribution >= 0.6 is 0 Å². The molecule has 0 saturated heterocycles. The predicted octanol–water partition coefficient (Wildman–Crippen LogP) is 6.45. The van der Waals surface area contributed by atoms with Crippen LogP contribution in [0.1, 0.15) is 18.1 Å². The van der Waals surface area contributed by atoms with E-state index in [1.54, 1.807) is 42.5 Å². The van der Waals surface area contributed by atoms with Crippen LogP contribution in [0.5, 0.6) is 11.5 Å². The molecule has 1 atom stereocenters. The van der Waals surface area contributed by atoms with Crippen molar-refractivity contribution in [2.45, 2.75) is 30.8 Å². The smallest absolute Gasteiger partial charge is 0.264 e. The van der Waals surface area contributed by atoms with Crippen molar-refractivity contribution in [1.29, 1.82) is 0 Å². The van der Waals surface area contributed by atoms with Crippen molar-refractivity contribution in [3.63, 3.8) is 0 Å². The quantitative estimate of drug-likeness (QED) is 0.150. The third kappa shape index (κ3) is 8.65. The fourth-order valence-electron chi connectivity index (χ4n) is 5.18. The zero-order chi connectivity index (χ0) is 33.1. The summed E-state index contributed by atoms with van der Waals surface area (Å²) in [6, 6.07) is 41.7. The molecule has 0 aliphatic heterocycles. The van der Waals surface area contributed by atoms with Gasteiger partial charge in [0, 0.05) is 19.5 Å². The van der Waals surface area contributed by atoms with Gasteiger partial charge in [0.15, 0.2) is 0 Å². The number of benzene rings is 5. The maximum Gasteiger partial charge on any atom is 0.264 e. The average Bonchev–Trinajstić information content (AvgIpc) is 3.11. The molecule has 0 heterocycles. The molecular weight excluding hydrogens is 611 g/mol. The minimum atomic E-state index is -4.20. The van der Waals surface area contributed by atoms with E-state index in [2.05, 4.69) is 5.32 Å². The largest absolute Gasteiger partial charge is 0.457 e. The molecule has 0 bridgehead atoms. The standard InChI is InChI=1S/C38H37N3O5S/c1-2-39-38(43)36(27-30-15-7-3-8-16-30)40(28-31-17-9-4-10-18-31)37(42)29-41(47(44,45)35-21-13-6-14-22-35)32-23-25-34(26-24-32)46-33-19-11-5-12-20-33/h3-26,36H,2,27-29H2,1H3,(H,39,43). The van der Waals surface area contributed by atoms with Gasteiger partial charge in [-0.05, 0) is 66.6 Å². The number of sulfonamides is 1. The normalized spacial score (nSPS) is 11.7.